The van der Waals surface area contributed by atoms with Crippen LogP contribution in [0.5, 0.6) is 11.6 Å². The van der Waals surface area contributed by atoms with E-state index in [1.54, 1.807) is 46.7 Å². The summed E-state index contributed by atoms with van der Waals surface area (Å²) in [4.78, 5) is 29.4. The molecule has 1 saturated carbocycles. The molecule has 1 aliphatic carbocycles. The number of amides is 2. The quantitative estimate of drug-likeness (QED) is 0.420. The highest BCUT2D eigenvalue weighted by molar-refractivity contribution is 6.03. The normalized spacial score (nSPS) is 16.8. The predicted molar refractivity (Wildman–Crippen MR) is 131 cm³/mol. The number of aromatic nitrogens is 5. The van der Waals surface area contributed by atoms with E-state index >= 15 is 0 Å². The largest absolute Gasteiger partial charge is 0.438 e. The van der Waals surface area contributed by atoms with Crippen LogP contribution in [0.15, 0.2) is 42.6 Å². The van der Waals surface area contributed by atoms with Gasteiger partial charge in [0.25, 0.3) is 5.91 Å². The fourth-order valence-electron chi connectivity index (χ4n) is 3.90. The van der Waals surface area contributed by atoms with Crippen LogP contribution in [-0.2, 0) is 18.3 Å². The van der Waals surface area contributed by atoms with Gasteiger partial charge in [-0.05, 0) is 49.4 Å². The number of carbonyl (C=O) groups is 2. The van der Waals surface area contributed by atoms with Gasteiger partial charge in [0.2, 0.25) is 11.8 Å². The molecule has 4 aromatic rings. The van der Waals surface area contributed by atoms with Crippen LogP contribution in [0, 0.1) is 18.8 Å². The van der Waals surface area contributed by atoms with E-state index in [9.17, 15) is 9.59 Å². The Labute approximate surface area is 202 Å². The SMILES string of the molecule is CCc1cc(C(=O)Nc2cc(Oc3ccc4nc(NC(=O)C5CC5C)cn4n3)ccc2C)n(C)n1. The second-order valence-electron chi connectivity index (χ2n) is 8.94. The van der Waals surface area contributed by atoms with Crippen molar-refractivity contribution in [3.63, 3.8) is 0 Å². The lowest BCUT2D eigenvalue weighted by atomic mass is 10.2. The molecule has 2 N–H and O–H groups in total. The van der Waals surface area contributed by atoms with E-state index < -0.39 is 0 Å². The standard InChI is InChI=1S/C25H27N7O3/c1-5-16-11-20(31(4)29-16)25(34)26-19-12-17(7-6-14(19)2)35-23-9-8-22-27-21(13-32(22)30-23)28-24(33)18-10-15(18)3/h6-9,11-13,15,18H,5,10H2,1-4H3,(H,26,34)(H,28,33). The minimum absolute atomic E-state index is 0.0105. The summed E-state index contributed by atoms with van der Waals surface area (Å²) in [5, 5.41) is 14.6. The van der Waals surface area contributed by atoms with Gasteiger partial charge in [-0.25, -0.2) is 9.50 Å². The van der Waals surface area contributed by atoms with Gasteiger partial charge >= 0.3 is 0 Å². The Bertz CT molecular complexity index is 1440. The van der Waals surface area contributed by atoms with Crippen molar-refractivity contribution in [3.05, 3.63) is 59.5 Å². The molecule has 1 fully saturated rings. The molecule has 10 nitrogen and oxygen atoms in total. The number of aryl methyl sites for hydroxylation is 3. The van der Waals surface area contributed by atoms with Crippen molar-refractivity contribution < 1.29 is 14.3 Å². The maximum Gasteiger partial charge on any atom is 0.273 e. The second kappa shape index (κ2) is 8.86. The summed E-state index contributed by atoms with van der Waals surface area (Å²) in [5.74, 6) is 1.57. The first kappa shape index (κ1) is 22.6. The molecule has 10 heteroatoms. The van der Waals surface area contributed by atoms with Gasteiger partial charge in [-0.1, -0.05) is 19.9 Å². The third kappa shape index (κ3) is 4.72. The minimum atomic E-state index is -0.243. The lowest BCUT2D eigenvalue weighted by Gasteiger charge is -2.11. The Hall–Kier alpha value is -4.21. The number of carbonyl (C=O) groups excluding carboxylic acids is 2. The van der Waals surface area contributed by atoms with Crippen molar-refractivity contribution in [2.45, 2.75) is 33.6 Å². The zero-order valence-electron chi connectivity index (χ0n) is 20.1. The molecule has 5 rings (SSSR count). The van der Waals surface area contributed by atoms with Crippen molar-refractivity contribution in [2.75, 3.05) is 10.6 Å². The summed E-state index contributed by atoms with van der Waals surface area (Å²) in [6.45, 7) is 5.96. The first-order valence-electron chi connectivity index (χ1n) is 11.6. The van der Waals surface area contributed by atoms with Crippen molar-refractivity contribution in [2.24, 2.45) is 18.9 Å². The van der Waals surface area contributed by atoms with E-state index in [-0.39, 0.29) is 17.7 Å². The summed E-state index contributed by atoms with van der Waals surface area (Å²) in [7, 11) is 1.75. The zero-order valence-corrected chi connectivity index (χ0v) is 20.1. The smallest absolute Gasteiger partial charge is 0.273 e. The first-order valence-corrected chi connectivity index (χ1v) is 11.6. The van der Waals surface area contributed by atoms with Crippen molar-refractivity contribution in [1.29, 1.82) is 0 Å². The predicted octanol–water partition coefficient (Wildman–Crippen LogP) is 3.97. The highest BCUT2D eigenvalue weighted by atomic mass is 16.5. The monoisotopic (exact) mass is 473 g/mol. The van der Waals surface area contributed by atoms with Gasteiger partial charge in [0, 0.05) is 30.8 Å². The maximum absolute atomic E-state index is 12.8. The van der Waals surface area contributed by atoms with E-state index in [4.69, 9.17) is 4.74 Å². The zero-order chi connectivity index (χ0) is 24.7. The van der Waals surface area contributed by atoms with Crippen LogP contribution in [0.3, 0.4) is 0 Å². The highest BCUT2D eigenvalue weighted by Crippen LogP contribution is 2.38. The molecule has 2 amide bonds. The van der Waals surface area contributed by atoms with Crippen molar-refractivity contribution in [3.8, 4) is 11.6 Å². The molecule has 0 spiro atoms. The van der Waals surface area contributed by atoms with Crippen LogP contribution < -0.4 is 15.4 Å². The molecule has 0 bridgehead atoms. The Balaban J connectivity index is 1.31. The number of nitrogens with zero attached hydrogens (tertiary/aromatic N) is 5. The van der Waals surface area contributed by atoms with Gasteiger partial charge in [-0.3, -0.25) is 14.3 Å². The van der Waals surface area contributed by atoms with Gasteiger partial charge < -0.3 is 15.4 Å². The summed E-state index contributed by atoms with van der Waals surface area (Å²) >= 11 is 0. The Morgan fingerprint density at radius 1 is 1.14 bits per heavy atom. The van der Waals surface area contributed by atoms with Crippen molar-refractivity contribution in [1.82, 2.24) is 24.4 Å². The van der Waals surface area contributed by atoms with Crippen LogP contribution >= 0.6 is 0 Å². The average Bonchev–Trinajstić information content (AvgIpc) is 3.24. The van der Waals surface area contributed by atoms with Gasteiger partial charge in [-0.2, -0.15) is 5.10 Å². The molecular formula is C25H27N7O3. The molecule has 35 heavy (non-hydrogen) atoms. The number of fused-ring (bicyclic) bond motifs is 1. The third-order valence-corrected chi connectivity index (χ3v) is 6.20. The maximum atomic E-state index is 12.8. The number of nitrogens with one attached hydrogen (secondary N) is 2. The number of benzene rings is 1. The van der Waals surface area contributed by atoms with Gasteiger partial charge in [0.15, 0.2) is 11.5 Å². The number of hydrogen-bond acceptors (Lipinski definition) is 6. The summed E-state index contributed by atoms with van der Waals surface area (Å²) in [5.41, 5.74) is 3.47. The van der Waals surface area contributed by atoms with Crippen LogP contribution in [-0.4, -0.2) is 36.2 Å². The molecule has 0 radical (unpaired) electrons. The highest BCUT2D eigenvalue weighted by Gasteiger charge is 2.39. The molecule has 3 heterocycles. The number of anilines is 2. The summed E-state index contributed by atoms with van der Waals surface area (Å²) in [6.07, 6.45) is 3.33. The lowest BCUT2D eigenvalue weighted by Crippen LogP contribution is -2.16. The molecule has 180 valence electrons. The Morgan fingerprint density at radius 3 is 2.66 bits per heavy atom. The summed E-state index contributed by atoms with van der Waals surface area (Å²) < 4.78 is 9.09. The molecule has 2 atom stereocenters. The molecule has 2 unspecified atom stereocenters. The minimum Gasteiger partial charge on any atom is -0.438 e. The summed E-state index contributed by atoms with van der Waals surface area (Å²) in [6, 6.07) is 10.7. The first-order chi connectivity index (χ1) is 16.8. The third-order valence-electron chi connectivity index (χ3n) is 6.20. The Morgan fingerprint density at radius 2 is 1.94 bits per heavy atom. The Kier molecular flexibility index (Phi) is 5.72. The van der Waals surface area contributed by atoms with E-state index in [1.165, 1.54) is 0 Å². The molecule has 3 aromatic heterocycles. The number of ether oxygens (including phenoxy) is 1. The fraction of sp³-hybridized carbons (Fsp3) is 0.320. The van der Waals surface area contributed by atoms with Crippen LogP contribution in [0.25, 0.3) is 5.65 Å². The fourth-order valence-corrected chi connectivity index (χ4v) is 3.90. The average molecular weight is 474 g/mol. The van der Waals surface area contributed by atoms with Crippen LogP contribution in [0.2, 0.25) is 0 Å². The van der Waals surface area contributed by atoms with E-state index in [1.807, 2.05) is 26.0 Å². The van der Waals surface area contributed by atoms with Crippen LogP contribution in [0.1, 0.15) is 42.0 Å². The molecule has 1 aliphatic rings. The van der Waals surface area contributed by atoms with Crippen LogP contribution in [0.4, 0.5) is 11.5 Å². The number of rotatable bonds is 7. The van der Waals surface area contributed by atoms with Gasteiger partial charge in [0.05, 0.1) is 11.9 Å². The van der Waals surface area contributed by atoms with E-state index in [2.05, 4.69) is 32.7 Å². The van der Waals surface area contributed by atoms with Crippen molar-refractivity contribution >= 4 is 29.0 Å². The molecule has 0 saturated heterocycles. The second-order valence-corrected chi connectivity index (χ2v) is 8.94. The lowest BCUT2D eigenvalue weighted by molar-refractivity contribution is -0.117. The molecule has 1 aromatic carbocycles. The van der Waals surface area contributed by atoms with E-state index in [0.29, 0.717) is 40.4 Å². The molecular weight excluding hydrogens is 446 g/mol. The van der Waals surface area contributed by atoms with Gasteiger partial charge in [-0.15, -0.1) is 5.10 Å². The van der Waals surface area contributed by atoms with Gasteiger partial charge in [0.1, 0.15) is 11.4 Å². The number of imidazole rings is 1. The topological polar surface area (TPSA) is 115 Å². The number of hydrogen-bond donors (Lipinski definition) is 2. The van der Waals surface area contributed by atoms with E-state index in [0.717, 1.165) is 24.1 Å². The molecule has 0 aliphatic heterocycles.